The summed E-state index contributed by atoms with van der Waals surface area (Å²) in [4.78, 5) is 10.9. The molecule has 0 saturated carbocycles. The normalized spacial score (nSPS) is 11.4. The van der Waals surface area contributed by atoms with Crippen LogP contribution in [0.25, 0.3) is 0 Å². The first kappa shape index (κ1) is 19.4. The molecule has 0 radical (unpaired) electrons. The van der Waals surface area contributed by atoms with Gasteiger partial charge in [0, 0.05) is 26.3 Å². The van der Waals surface area contributed by atoms with Gasteiger partial charge < -0.3 is 20.3 Å². The van der Waals surface area contributed by atoms with Gasteiger partial charge in [0.2, 0.25) is 10.0 Å². The van der Waals surface area contributed by atoms with E-state index < -0.39 is 16.0 Å². The molecule has 0 aliphatic heterocycles. The number of sulfonamides is 1. The first-order chi connectivity index (χ1) is 10.9. The van der Waals surface area contributed by atoms with Crippen molar-refractivity contribution < 1.29 is 28.2 Å². The second kappa shape index (κ2) is 9.46. The van der Waals surface area contributed by atoms with E-state index in [-0.39, 0.29) is 23.6 Å². The van der Waals surface area contributed by atoms with E-state index in [1.54, 1.807) is 0 Å². The van der Waals surface area contributed by atoms with Gasteiger partial charge in [-0.2, -0.15) is 0 Å². The second-order valence-corrected chi connectivity index (χ2v) is 6.35. The van der Waals surface area contributed by atoms with Crippen molar-refractivity contribution in [2.75, 3.05) is 38.2 Å². The Morgan fingerprint density at radius 2 is 2.04 bits per heavy atom. The lowest BCUT2D eigenvalue weighted by molar-refractivity contribution is 0.0696. The minimum absolute atomic E-state index is 0.130. The van der Waals surface area contributed by atoms with Gasteiger partial charge in [-0.1, -0.05) is 0 Å². The van der Waals surface area contributed by atoms with E-state index in [2.05, 4.69) is 10.0 Å². The molecule has 9 heteroatoms. The summed E-state index contributed by atoms with van der Waals surface area (Å²) in [6, 6.07) is 3.84. The van der Waals surface area contributed by atoms with E-state index in [0.717, 1.165) is 6.07 Å². The Bertz CT molecular complexity index is 618. The predicted molar refractivity (Wildman–Crippen MR) is 85.3 cm³/mol. The highest BCUT2D eigenvalue weighted by molar-refractivity contribution is 7.89. The first-order valence-electron chi connectivity index (χ1n) is 7.22. The quantitative estimate of drug-likeness (QED) is 0.430. The van der Waals surface area contributed by atoms with Crippen molar-refractivity contribution in [3.05, 3.63) is 23.8 Å². The molecule has 4 N–H and O–H groups in total. The number of aliphatic hydroxyl groups is 1. The highest BCUT2D eigenvalue weighted by atomic mass is 32.2. The zero-order chi connectivity index (χ0) is 17.3. The van der Waals surface area contributed by atoms with Crippen LogP contribution in [0, 0.1) is 0 Å². The Balaban J connectivity index is 2.97. The molecule has 130 valence electrons. The number of nitrogens with one attached hydrogen (secondary N) is 2. The van der Waals surface area contributed by atoms with Crippen LogP contribution in [0.1, 0.15) is 23.7 Å². The summed E-state index contributed by atoms with van der Waals surface area (Å²) in [5.41, 5.74) is 0.172. The average molecular weight is 346 g/mol. The summed E-state index contributed by atoms with van der Waals surface area (Å²) in [5, 5.41) is 20.8. The molecule has 0 unspecified atom stereocenters. The van der Waals surface area contributed by atoms with Gasteiger partial charge in [-0.3, -0.25) is 0 Å². The molecule has 0 amide bonds. The average Bonchev–Trinajstić information content (AvgIpc) is 2.52. The molecule has 0 atom stereocenters. The fraction of sp³-hybridized carbons (Fsp3) is 0.500. The predicted octanol–water partition coefficient (Wildman–Crippen LogP) is 0.494. The van der Waals surface area contributed by atoms with Crippen molar-refractivity contribution in [3.8, 4) is 0 Å². The molecule has 0 aromatic heterocycles. The molecule has 1 aromatic rings. The van der Waals surface area contributed by atoms with E-state index in [9.17, 15) is 13.2 Å². The SMILES string of the molecule is CCOCCCNc1ccc(C(=O)O)cc1S(=O)(=O)NCCO. The number of aliphatic hydroxyl groups excluding tert-OH is 1. The zero-order valence-electron chi connectivity index (χ0n) is 12.9. The van der Waals surface area contributed by atoms with Gasteiger partial charge in [-0.05, 0) is 31.5 Å². The maximum absolute atomic E-state index is 12.2. The van der Waals surface area contributed by atoms with Crippen molar-refractivity contribution >= 4 is 21.7 Å². The summed E-state index contributed by atoms with van der Waals surface area (Å²) in [7, 11) is -3.92. The molecule has 0 aliphatic carbocycles. The fourth-order valence-corrected chi connectivity index (χ4v) is 3.05. The fourth-order valence-electron chi connectivity index (χ4n) is 1.82. The Morgan fingerprint density at radius 3 is 2.65 bits per heavy atom. The number of carbonyl (C=O) groups is 1. The van der Waals surface area contributed by atoms with Crippen LogP contribution in [0.4, 0.5) is 5.69 Å². The van der Waals surface area contributed by atoms with E-state index in [4.69, 9.17) is 14.9 Å². The number of aromatic carboxylic acids is 1. The molecule has 1 rings (SSSR count). The van der Waals surface area contributed by atoms with Gasteiger partial charge in [0.1, 0.15) is 4.90 Å². The number of benzene rings is 1. The molecule has 8 nitrogen and oxygen atoms in total. The molecule has 0 saturated heterocycles. The molecular weight excluding hydrogens is 324 g/mol. The standard InChI is InChI=1S/C14H22N2O6S/c1-2-22-9-3-6-15-12-5-4-11(14(18)19)10-13(12)23(20,21)16-7-8-17/h4-5,10,15-17H,2-3,6-9H2,1H3,(H,18,19). The van der Waals surface area contributed by atoms with Gasteiger partial charge in [-0.25, -0.2) is 17.9 Å². The van der Waals surface area contributed by atoms with E-state index in [1.807, 2.05) is 6.92 Å². The van der Waals surface area contributed by atoms with Crippen LogP contribution in [0.3, 0.4) is 0 Å². The van der Waals surface area contributed by atoms with Crippen molar-refractivity contribution in [1.82, 2.24) is 4.72 Å². The summed E-state index contributed by atoms with van der Waals surface area (Å²) in [5.74, 6) is -1.22. The lowest BCUT2D eigenvalue weighted by Gasteiger charge is -2.14. The van der Waals surface area contributed by atoms with Gasteiger partial charge in [0.05, 0.1) is 17.9 Å². The highest BCUT2D eigenvalue weighted by Gasteiger charge is 2.20. The maximum Gasteiger partial charge on any atom is 0.335 e. The molecular formula is C14H22N2O6S. The molecule has 1 aromatic carbocycles. The van der Waals surface area contributed by atoms with E-state index in [1.165, 1.54) is 12.1 Å². The van der Waals surface area contributed by atoms with Crippen molar-refractivity contribution in [3.63, 3.8) is 0 Å². The zero-order valence-corrected chi connectivity index (χ0v) is 13.7. The number of hydrogen-bond acceptors (Lipinski definition) is 6. The van der Waals surface area contributed by atoms with Gasteiger partial charge in [-0.15, -0.1) is 0 Å². The van der Waals surface area contributed by atoms with Crippen molar-refractivity contribution in [2.45, 2.75) is 18.2 Å². The molecule has 0 heterocycles. The highest BCUT2D eigenvalue weighted by Crippen LogP contribution is 2.23. The smallest absolute Gasteiger partial charge is 0.335 e. The minimum Gasteiger partial charge on any atom is -0.478 e. The molecule has 0 aliphatic rings. The summed E-state index contributed by atoms with van der Waals surface area (Å²) in [6.07, 6.45) is 0.679. The Morgan fingerprint density at radius 1 is 1.30 bits per heavy atom. The lowest BCUT2D eigenvalue weighted by Crippen LogP contribution is -2.27. The van der Waals surface area contributed by atoms with Crippen LogP contribution >= 0.6 is 0 Å². The Hall–Kier alpha value is -1.68. The van der Waals surface area contributed by atoms with Crippen LogP contribution < -0.4 is 10.0 Å². The Kier molecular flexibility index (Phi) is 7.96. The van der Waals surface area contributed by atoms with Crippen molar-refractivity contribution in [2.24, 2.45) is 0 Å². The molecule has 0 bridgehead atoms. The van der Waals surface area contributed by atoms with Crippen LogP contribution in [0.15, 0.2) is 23.1 Å². The third-order valence-corrected chi connectivity index (χ3v) is 4.41. The maximum atomic E-state index is 12.2. The third-order valence-electron chi connectivity index (χ3n) is 2.91. The number of ether oxygens (including phenoxy) is 1. The third kappa shape index (κ3) is 6.14. The number of anilines is 1. The molecule has 23 heavy (non-hydrogen) atoms. The summed E-state index contributed by atoms with van der Waals surface area (Å²) >= 11 is 0. The lowest BCUT2D eigenvalue weighted by atomic mass is 10.2. The van der Waals surface area contributed by atoms with Crippen LogP contribution in [0.5, 0.6) is 0 Å². The Labute approximate surface area is 135 Å². The molecule has 0 spiro atoms. The van der Waals surface area contributed by atoms with Gasteiger partial charge in [0.15, 0.2) is 0 Å². The summed E-state index contributed by atoms with van der Waals surface area (Å²) in [6.45, 7) is 3.02. The van der Waals surface area contributed by atoms with E-state index >= 15 is 0 Å². The van der Waals surface area contributed by atoms with Crippen molar-refractivity contribution in [1.29, 1.82) is 0 Å². The van der Waals surface area contributed by atoms with Crippen LogP contribution in [-0.4, -0.2) is 57.5 Å². The second-order valence-electron chi connectivity index (χ2n) is 4.61. The molecule has 0 fully saturated rings. The monoisotopic (exact) mass is 346 g/mol. The topological polar surface area (TPSA) is 125 Å². The number of carboxylic acids is 1. The largest absolute Gasteiger partial charge is 0.478 e. The van der Waals surface area contributed by atoms with Crippen LogP contribution in [-0.2, 0) is 14.8 Å². The number of carboxylic acid groups (broad SMARTS) is 1. The number of hydrogen-bond donors (Lipinski definition) is 4. The first-order valence-corrected chi connectivity index (χ1v) is 8.70. The van der Waals surface area contributed by atoms with Gasteiger partial charge in [0.25, 0.3) is 0 Å². The van der Waals surface area contributed by atoms with Gasteiger partial charge >= 0.3 is 5.97 Å². The number of rotatable bonds is 11. The summed E-state index contributed by atoms with van der Waals surface area (Å²) < 4.78 is 31.9. The van der Waals surface area contributed by atoms with E-state index in [0.29, 0.717) is 31.9 Å². The van der Waals surface area contributed by atoms with Crippen LogP contribution in [0.2, 0.25) is 0 Å². The minimum atomic E-state index is -3.92.